The topological polar surface area (TPSA) is 42.4 Å². The Balaban J connectivity index is 1.52. The maximum Gasteiger partial charge on any atom is 0.222 e. The molecule has 2 fully saturated rings. The van der Waals surface area contributed by atoms with E-state index >= 15 is 0 Å². The summed E-state index contributed by atoms with van der Waals surface area (Å²) in [6.07, 6.45) is 4.58. The lowest BCUT2D eigenvalue weighted by molar-refractivity contribution is -0.137. The molecule has 0 N–H and O–H groups in total. The van der Waals surface area contributed by atoms with E-state index in [1.807, 2.05) is 23.1 Å². The third kappa shape index (κ3) is 3.15. The van der Waals surface area contributed by atoms with Crippen LogP contribution in [0.2, 0.25) is 0 Å². The Bertz CT molecular complexity index is 460. The van der Waals surface area contributed by atoms with Gasteiger partial charge in [0.05, 0.1) is 11.6 Å². The van der Waals surface area contributed by atoms with Gasteiger partial charge in [-0.05, 0) is 25.0 Å². The highest BCUT2D eigenvalue weighted by Gasteiger charge is 2.41. The van der Waals surface area contributed by atoms with Crippen molar-refractivity contribution in [3.63, 3.8) is 0 Å². The molecule has 108 valence electrons. The van der Waals surface area contributed by atoms with Crippen molar-refractivity contribution >= 4 is 17.7 Å². The van der Waals surface area contributed by atoms with Gasteiger partial charge in [-0.15, -0.1) is 11.8 Å². The maximum absolute atomic E-state index is 12.0. The summed E-state index contributed by atoms with van der Waals surface area (Å²) in [5.41, 5.74) is 0.240. The van der Waals surface area contributed by atoms with Gasteiger partial charge in [0.2, 0.25) is 5.91 Å². The number of likely N-dealkylation sites (tertiary alicyclic amines) is 1. The molecule has 0 bridgehead atoms. The number of ether oxygens (including phenoxy) is 1. The van der Waals surface area contributed by atoms with Crippen LogP contribution in [0.1, 0.15) is 19.3 Å². The first-order chi connectivity index (χ1) is 9.77. The van der Waals surface area contributed by atoms with Gasteiger partial charge in [-0.25, -0.2) is 4.98 Å². The molecular weight excluding hydrogens is 272 g/mol. The monoisotopic (exact) mass is 292 g/mol. The first kappa shape index (κ1) is 13.9. The van der Waals surface area contributed by atoms with E-state index in [9.17, 15) is 4.79 Å². The number of amides is 1. The van der Waals surface area contributed by atoms with Crippen LogP contribution in [0.15, 0.2) is 29.4 Å². The van der Waals surface area contributed by atoms with E-state index < -0.39 is 0 Å². The van der Waals surface area contributed by atoms with Gasteiger partial charge >= 0.3 is 0 Å². The molecule has 0 aliphatic carbocycles. The zero-order valence-corrected chi connectivity index (χ0v) is 12.4. The molecule has 1 aromatic rings. The van der Waals surface area contributed by atoms with E-state index in [1.54, 1.807) is 18.0 Å². The Labute approximate surface area is 123 Å². The predicted octanol–water partition coefficient (Wildman–Crippen LogP) is 2.20. The first-order valence-corrected chi connectivity index (χ1v) is 8.15. The largest absolute Gasteiger partial charge is 0.381 e. The van der Waals surface area contributed by atoms with Crippen LogP contribution in [0.4, 0.5) is 0 Å². The molecule has 2 aliphatic heterocycles. The lowest BCUT2D eigenvalue weighted by Gasteiger charge is -2.39. The first-order valence-electron chi connectivity index (χ1n) is 7.17. The number of thioether (sulfide) groups is 1. The Morgan fingerprint density at radius 3 is 3.10 bits per heavy atom. The SMILES string of the molecule is O=C1CC[C@@]2(CCOC2)CN1CCSc1ccccn1. The number of nitrogens with zero attached hydrogens (tertiary/aromatic N) is 2. The van der Waals surface area contributed by atoms with Crippen molar-refractivity contribution < 1.29 is 9.53 Å². The molecule has 1 atom stereocenters. The summed E-state index contributed by atoms with van der Waals surface area (Å²) in [7, 11) is 0. The summed E-state index contributed by atoms with van der Waals surface area (Å²) in [4.78, 5) is 18.3. The van der Waals surface area contributed by atoms with Gasteiger partial charge in [0.25, 0.3) is 0 Å². The molecule has 3 rings (SSSR count). The molecule has 2 aliphatic rings. The average molecular weight is 292 g/mol. The fourth-order valence-electron chi connectivity index (χ4n) is 2.97. The number of piperidine rings is 1. The van der Waals surface area contributed by atoms with Gasteiger partial charge in [-0.1, -0.05) is 6.07 Å². The number of carbonyl (C=O) groups excluding carboxylic acids is 1. The van der Waals surface area contributed by atoms with Gasteiger partial charge < -0.3 is 9.64 Å². The van der Waals surface area contributed by atoms with Crippen LogP contribution < -0.4 is 0 Å². The summed E-state index contributed by atoms with van der Waals surface area (Å²) in [5, 5.41) is 1.02. The zero-order valence-electron chi connectivity index (χ0n) is 11.6. The van der Waals surface area contributed by atoms with E-state index in [-0.39, 0.29) is 5.41 Å². The normalized spacial score (nSPS) is 26.4. The Morgan fingerprint density at radius 1 is 1.40 bits per heavy atom. The van der Waals surface area contributed by atoms with Crippen molar-refractivity contribution in [2.24, 2.45) is 5.41 Å². The molecule has 0 saturated carbocycles. The Morgan fingerprint density at radius 2 is 2.35 bits per heavy atom. The van der Waals surface area contributed by atoms with E-state index in [0.717, 1.165) is 49.9 Å². The minimum Gasteiger partial charge on any atom is -0.381 e. The van der Waals surface area contributed by atoms with E-state index in [0.29, 0.717) is 12.3 Å². The number of hydrogen-bond donors (Lipinski definition) is 0. The lowest BCUT2D eigenvalue weighted by Crippen LogP contribution is -2.47. The van der Waals surface area contributed by atoms with E-state index in [1.165, 1.54) is 0 Å². The third-order valence-electron chi connectivity index (χ3n) is 4.18. The van der Waals surface area contributed by atoms with Gasteiger partial charge in [-0.2, -0.15) is 0 Å². The second-order valence-corrected chi connectivity index (χ2v) is 6.75. The molecular formula is C15H20N2O2S. The van der Waals surface area contributed by atoms with Crippen molar-refractivity contribution in [3.8, 4) is 0 Å². The Kier molecular flexibility index (Phi) is 4.27. The van der Waals surface area contributed by atoms with Crippen LogP contribution in [0.3, 0.4) is 0 Å². The van der Waals surface area contributed by atoms with Crippen LogP contribution in [-0.4, -0.2) is 47.8 Å². The standard InChI is InChI=1S/C15H20N2O2S/c18-14-4-5-15(6-9-19-12-15)11-17(14)8-10-20-13-3-1-2-7-16-13/h1-3,7H,4-6,8-12H2/t15-/m1/s1. The van der Waals surface area contributed by atoms with Crippen LogP contribution in [0.25, 0.3) is 0 Å². The van der Waals surface area contributed by atoms with Gasteiger partial charge in [-0.3, -0.25) is 4.79 Å². The molecule has 1 amide bonds. The quantitative estimate of drug-likeness (QED) is 0.798. The number of pyridine rings is 1. The zero-order chi connectivity index (χ0) is 13.8. The average Bonchev–Trinajstić information content (AvgIpc) is 2.92. The molecule has 1 spiro atoms. The second kappa shape index (κ2) is 6.14. The molecule has 4 nitrogen and oxygen atoms in total. The fraction of sp³-hybridized carbons (Fsp3) is 0.600. The third-order valence-corrected chi connectivity index (χ3v) is 5.11. The number of hydrogen-bond acceptors (Lipinski definition) is 4. The molecule has 2 saturated heterocycles. The highest BCUT2D eigenvalue weighted by atomic mass is 32.2. The molecule has 0 aromatic carbocycles. The molecule has 1 aromatic heterocycles. The van der Waals surface area contributed by atoms with Gasteiger partial charge in [0.15, 0.2) is 0 Å². The number of carbonyl (C=O) groups is 1. The van der Waals surface area contributed by atoms with E-state index in [4.69, 9.17) is 4.74 Å². The van der Waals surface area contributed by atoms with Crippen LogP contribution >= 0.6 is 11.8 Å². The highest BCUT2D eigenvalue weighted by molar-refractivity contribution is 7.99. The number of rotatable bonds is 4. The van der Waals surface area contributed by atoms with Crippen LogP contribution in [0, 0.1) is 5.41 Å². The van der Waals surface area contributed by atoms with Gasteiger partial charge in [0.1, 0.15) is 0 Å². The summed E-state index contributed by atoms with van der Waals surface area (Å²) in [6.45, 7) is 3.35. The summed E-state index contributed by atoms with van der Waals surface area (Å²) < 4.78 is 5.54. The molecule has 0 unspecified atom stereocenters. The summed E-state index contributed by atoms with van der Waals surface area (Å²) in [5.74, 6) is 1.20. The summed E-state index contributed by atoms with van der Waals surface area (Å²) >= 11 is 1.71. The van der Waals surface area contributed by atoms with Crippen molar-refractivity contribution in [3.05, 3.63) is 24.4 Å². The maximum atomic E-state index is 12.0. The number of aromatic nitrogens is 1. The van der Waals surface area contributed by atoms with Gasteiger partial charge in [0, 0.05) is 43.5 Å². The molecule has 0 radical (unpaired) electrons. The van der Waals surface area contributed by atoms with E-state index in [2.05, 4.69) is 4.98 Å². The molecule has 3 heterocycles. The van der Waals surface area contributed by atoms with Crippen LogP contribution in [0.5, 0.6) is 0 Å². The molecule has 5 heteroatoms. The smallest absolute Gasteiger partial charge is 0.222 e. The van der Waals surface area contributed by atoms with Crippen molar-refractivity contribution in [2.75, 3.05) is 32.1 Å². The minimum atomic E-state index is 0.240. The summed E-state index contributed by atoms with van der Waals surface area (Å²) in [6, 6.07) is 5.92. The molecule has 20 heavy (non-hydrogen) atoms. The van der Waals surface area contributed by atoms with Crippen molar-refractivity contribution in [2.45, 2.75) is 24.3 Å². The lowest BCUT2D eigenvalue weighted by atomic mass is 9.79. The minimum absolute atomic E-state index is 0.240. The highest BCUT2D eigenvalue weighted by Crippen LogP contribution is 2.38. The second-order valence-electron chi connectivity index (χ2n) is 5.63. The fourth-order valence-corrected chi connectivity index (χ4v) is 3.80. The van der Waals surface area contributed by atoms with Crippen molar-refractivity contribution in [1.82, 2.24) is 9.88 Å². The predicted molar refractivity (Wildman–Crippen MR) is 78.6 cm³/mol. The van der Waals surface area contributed by atoms with Crippen LogP contribution in [-0.2, 0) is 9.53 Å². The Hall–Kier alpha value is -1.07. The van der Waals surface area contributed by atoms with Crippen molar-refractivity contribution in [1.29, 1.82) is 0 Å².